The van der Waals surface area contributed by atoms with Gasteiger partial charge in [0, 0.05) is 24.8 Å². The SMILES string of the molecule is CCCCOCCOc1ccc(CN)c(F)c1. The van der Waals surface area contributed by atoms with E-state index in [1.54, 1.807) is 12.1 Å². The van der Waals surface area contributed by atoms with Crippen LogP contribution in [0.2, 0.25) is 0 Å². The Morgan fingerprint density at radius 1 is 1.24 bits per heavy atom. The maximum absolute atomic E-state index is 13.3. The van der Waals surface area contributed by atoms with Gasteiger partial charge in [-0.2, -0.15) is 0 Å². The van der Waals surface area contributed by atoms with Gasteiger partial charge in [0.2, 0.25) is 0 Å². The van der Waals surface area contributed by atoms with Gasteiger partial charge in [0.05, 0.1) is 6.61 Å². The zero-order chi connectivity index (χ0) is 12.5. The van der Waals surface area contributed by atoms with E-state index in [1.807, 2.05) is 0 Å². The second kappa shape index (κ2) is 8.03. The molecule has 17 heavy (non-hydrogen) atoms. The lowest BCUT2D eigenvalue weighted by Gasteiger charge is -2.08. The summed E-state index contributed by atoms with van der Waals surface area (Å²) in [7, 11) is 0. The van der Waals surface area contributed by atoms with Crippen LogP contribution in [0.3, 0.4) is 0 Å². The minimum Gasteiger partial charge on any atom is -0.491 e. The summed E-state index contributed by atoms with van der Waals surface area (Å²) in [4.78, 5) is 0. The van der Waals surface area contributed by atoms with E-state index in [1.165, 1.54) is 6.07 Å². The van der Waals surface area contributed by atoms with E-state index in [0.29, 0.717) is 24.5 Å². The second-order valence-corrected chi connectivity index (χ2v) is 3.77. The molecule has 1 rings (SSSR count). The highest BCUT2D eigenvalue weighted by Crippen LogP contribution is 2.16. The molecule has 4 heteroatoms. The molecule has 0 aromatic heterocycles. The highest BCUT2D eigenvalue weighted by Gasteiger charge is 2.02. The Kier molecular flexibility index (Phi) is 6.58. The van der Waals surface area contributed by atoms with E-state index in [2.05, 4.69) is 6.92 Å². The molecule has 0 aliphatic carbocycles. The number of hydrogen-bond donors (Lipinski definition) is 1. The van der Waals surface area contributed by atoms with Crippen LogP contribution in [0.4, 0.5) is 4.39 Å². The molecule has 0 bridgehead atoms. The van der Waals surface area contributed by atoms with E-state index in [4.69, 9.17) is 15.2 Å². The minimum atomic E-state index is -0.322. The van der Waals surface area contributed by atoms with E-state index in [-0.39, 0.29) is 12.4 Å². The molecular weight excluding hydrogens is 221 g/mol. The Hall–Kier alpha value is -1.13. The molecule has 0 aliphatic rings. The van der Waals surface area contributed by atoms with Crippen molar-refractivity contribution >= 4 is 0 Å². The van der Waals surface area contributed by atoms with Gasteiger partial charge in [-0.3, -0.25) is 0 Å². The van der Waals surface area contributed by atoms with Gasteiger partial charge in [-0.25, -0.2) is 4.39 Å². The van der Waals surface area contributed by atoms with Crippen molar-refractivity contribution in [2.45, 2.75) is 26.3 Å². The Bertz CT molecular complexity index is 331. The lowest BCUT2D eigenvalue weighted by molar-refractivity contribution is 0.0979. The number of ether oxygens (including phenoxy) is 2. The molecule has 2 N–H and O–H groups in total. The molecule has 3 nitrogen and oxygen atoms in total. The van der Waals surface area contributed by atoms with Crippen molar-refractivity contribution in [2.75, 3.05) is 19.8 Å². The first-order valence-electron chi connectivity index (χ1n) is 5.97. The molecule has 1 aromatic carbocycles. The highest BCUT2D eigenvalue weighted by molar-refractivity contribution is 5.28. The summed E-state index contributed by atoms with van der Waals surface area (Å²) in [6.45, 7) is 4.03. The van der Waals surface area contributed by atoms with Crippen molar-refractivity contribution in [3.05, 3.63) is 29.6 Å². The summed E-state index contributed by atoms with van der Waals surface area (Å²) < 4.78 is 24.0. The molecule has 0 amide bonds. The standard InChI is InChI=1S/C13H20FNO2/c1-2-3-6-16-7-8-17-12-5-4-11(10-15)13(14)9-12/h4-5,9H,2-3,6-8,10,15H2,1H3. The van der Waals surface area contributed by atoms with E-state index >= 15 is 0 Å². The van der Waals surface area contributed by atoms with Crippen molar-refractivity contribution in [3.63, 3.8) is 0 Å². The average molecular weight is 241 g/mol. The van der Waals surface area contributed by atoms with Crippen LogP contribution in [0.25, 0.3) is 0 Å². The first-order valence-corrected chi connectivity index (χ1v) is 5.97. The van der Waals surface area contributed by atoms with Gasteiger partial charge in [-0.1, -0.05) is 19.4 Å². The Balaban J connectivity index is 2.25. The fourth-order valence-corrected chi connectivity index (χ4v) is 1.35. The predicted octanol–water partition coefficient (Wildman–Crippen LogP) is 2.48. The first kappa shape index (κ1) is 13.9. The Morgan fingerprint density at radius 2 is 2.06 bits per heavy atom. The molecule has 0 saturated heterocycles. The van der Waals surface area contributed by atoms with Gasteiger partial charge in [-0.05, 0) is 12.5 Å². The summed E-state index contributed by atoms with van der Waals surface area (Å²) in [5.41, 5.74) is 5.86. The molecule has 0 saturated carbocycles. The smallest absolute Gasteiger partial charge is 0.131 e. The molecule has 1 aromatic rings. The fraction of sp³-hybridized carbons (Fsp3) is 0.538. The van der Waals surface area contributed by atoms with E-state index in [0.717, 1.165) is 19.4 Å². The minimum absolute atomic E-state index is 0.201. The number of halogens is 1. The molecule has 0 fully saturated rings. The molecule has 0 atom stereocenters. The topological polar surface area (TPSA) is 44.5 Å². The highest BCUT2D eigenvalue weighted by atomic mass is 19.1. The van der Waals surface area contributed by atoms with Crippen molar-refractivity contribution in [2.24, 2.45) is 5.73 Å². The van der Waals surface area contributed by atoms with Crippen molar-refractivity contribution in [3.8, 4) is 5.75 Å². The normalized spacial score (nSPS) is 10.5. The molecule has 0 unspecified atom stereocenters. The molecule has 0 aliphatic heterocycles. The zero-order valence-electron chi connectivity index (χ0n) is 10.2. The summed E-state index contributed by atoms with van der Waals surface area (Å²) in [6, 6.07) is 4.72. The lowest BCUT2D eigenvalue weighted by Crippen LogP contribution is -2.08. The van der Waals surface area contributed by atoms with Gasteiger partial charge in [-0.15, -0.1) is 0 Å². The maximum atomic E-state index is 13.3. The van der Waals surface area contributed by atoms with E-state index < -0.39 is 0 Å². The van der Waals surface area contributed by atoms with Crippen molar-refractivity contribution in [1.82, 2.24) is 0 Å². The van der Waals surface area contributed by atoms with Crippen LogP contribution in [0, 0.1) is 5.82 Å². The Labute approximate surface area is 102 Å². The average Bonchev–Trinajstić information content (AvgIpc) is 2.34. The van der Waals surface area contributed by atoms with Gasteiger partial charge >= 0.3 is 0 Å². The largest absolute Gasteiger partial charge is 0.491 e. The van der Waals surface area contributed by atoms with Crippen LogP contribution >= 0.6 is 0 Å². The Morgan fingerprint density at radius 3 is 2.71 bits per heavy atom. The third kappa shape index (κ3) is 5.15. The maximum Gasteiger partial charge on any atom is 0.131 e. The van der Waals surface area contributed by atoms with Gasteiger partial charge in [0.15, 0.2) is 0 Å². The number of hydrogen-bond acceptors (Lipinski definition) is 3. The van der Waals surface area contributed by atoms with E-state index in [9.17, 15) is 4.39 Å². The number of nitrogens with two attached hydrogens (primary N) is 1. The molecule has 96 valence electrons. The summed E-state index contributed by atoms with van der Waals surface area (Å²) in [5, 5.41) is 0. The monoisotopic (exact) mass is 241 g/mol. The van der Waals surface area contributed by atoms with Gasteiger partial charge in [0.1, 0.15) is 18.2 Å². The second-order valence-electron chi connectivity index (χ2n) is 3.77. The van der Waals surface area contributed by atoms with Crippen LogP contribution in [-0.4, -0.2) is 19.8 Å². The molecular formula is C13H20FNO2. The lowest BCUT2D eigenvalue weighted by atomic mass is 10.2. The third-order valence-corrected chi connectivity index (χ3v) is 2.38. The predicted molar refractivity (Wildman–Crippen MR) is 65.5 cm³/mol. The van der Waals surface area contributed by atoms with Crippen LogP contribution in [-0.2, 0) is 11.3 Å². The van der Waals surface area contributed by atoms with Gasteiger partial charge in [0.25, 0.3) is 0 Å². The fourth-order valence-electron chi connectivity index (χ4n) is 1.35. The number of rotatable bonds is 8. The number of unbranched alkanes of at least 4 members (excludes halogenated alkanes) is 1. The van der Waals surface area contributed by atoms with Crippen LogP contribution in [0.15, 0.2) is 18.2 Å². The zero-order valence-corrected chi connectivity index (χ0v) is 10.2. The molecule has 0 radical (unpaired) electrons. The first-order chi connectivity index (χ1) is 8.27. The van der Waals surface area contributed by atoms with Crippen LogP contribution in [0.5, 0.6) is 5.75 Å². The summed E-state index contributed by atoms with van der Waals surface area (Å²) in [6.07, 6.45) is 2.17. The van der Waals surface area contributed by atoms with Crippen molar-refractivity contribution < 1.29 is 13.9 Å². The van der Waals surface area contributed by atoms with Crippen LogP contribution < -0.4 is 10.5 Å². The molecule has 0 heterocycles. The molecule has 0 spiro atoms. The quantitative estimate of drug-likeness (QED) is 0.711. The number of benzene rings is 1. The van der Waals surface area contributed by atoms with Crippen LogP contribution in [0.1, 0.15) is 25.3 Å². The summed E-state index contributed by atoms with van der Waals surface area (Å²) in [5.74, 6) is 0.190. The van der Waals surface area contributed by atoms with Crippen molar-refractivity contribution in [1.29, 1.82) is 0 Å². The third-order valence-electron chi connectivity index (χ3n) is 2.38. The summed E-state index contributed by atoms with van der Waals surface area (Å²) >= 11 is 0. The van der Waals surface area contributed by atoms with Gasteiger partial charge < -0.3 is 15.2 Å².